The first kappa shape index (κ1) is 18.1. The third-order valence-corrected chi connectivity index (χ3v) is 4.45. The van der Waals surface area contributed by atoms with Gasteiger partial charge < -0.3 is 20.2 Å². The number of carboxylic acid groups (broad SMARTS) is 1. The fourth-order valence-corrected chi connectivity index (χ4v) is 2.56. The molecule has 2 N–H and O–H groups in total. The van der Waals surface area contributed by atoms with E-state index in [-0.39, 0.29) is 6.03 Å². The third-order valence-electron chi connectivity index (χ3n) is 4.04. The number of benzene rings is 1. The average Bonchev–Trinajstić information content (AvgIpc) is 2.56. The van der Waals surface area contributed by atoms with E-state index < -0.39 is 17.8 Å². The van der Waals surface area contributed by atoms with Gasteiger partial charge >= 0.3 is 12.0 Å². The van der Waals surface area contributed by atoms with E-state index in [9.17, 15) is 14.4 Å². The van der Waals surface area contributed by atoms with Crippen molar-refractivity contribution in [1.29, 1.82) is 0 Å². The van der Waals surface area contributed by atoms with E-state index in [1.54, 1.807) is 17.0 Å². The molecule has 1 aromatic carbocycles. The lowest BCUT2D eigenvalue weighted by atomic mass is 10.1. The number of aryl methyl sites for hydroxylation is 1. The standard InChI is InChI=1S/C16H20ClN3O4/c1-10-3-4-12(9-13(10)17)18-16(24)20-7-5-19(6-8-20)14(21)11(2)15(22)23/h3-4,9,11H,5-8H2,1-2H3,(H,18,24)(H,22,23). The molecule has 1 heterocycles. The Kier molecular flexibility index (Phi) is 5.66. The molecule has 0 bridgehead atoms. The summed E-state index contributed by atoms with van der Waals surface area (Å²) in [5, 5.41) is 12.2. The van der Waals surface area contributed by atoms with Crippen LogP contribution in [0.15, 0.2) is 18.2 Å². The van der Waals surface area contributed by atoms with E-state index in [0.29, 0.717) is 36.9 Å². The Morgan fingerprint density at radius 2 is 1.75 bits per heavy atom. The maximum atomic E-state index is 12.3. The Morgan fingerprint density at radius 1 is 1.17 bits per heavy atom. The molecule has 2 rings (SSSR count). The summed E-state index contributed by atoms with van der Waals surface area (Å²) in [6.45, 7) is 4.58. The summed E-state index contributed by atoms with van der Waals surface area (Å²) in [7, 11) is 0. The summed E-state index contributed by atoms with van der Waals surface area (Å²) in [6, 6.07) is 5.01. The molecule has 0 saturated carbocycles. The van der Waals surface area contributed by atoms with E-state index in [0.717, 1.165) is 5.56 Å². The highest BCUT2D eigenvalue weighted by molar-refractivity contribution is 6.31. The van der Waals surface area contributed by atoms with Gasteiger partial charge in [0.05, 0.1) is 0 Å². The topological polar surface area (TPSA) is 90.0 Å². The van der Waals surface area contributed by atoms with E-state index >= 15 is 0 Å². The zero-order valence-corrected chi connectivity index (χ0v) is 14.3. The zero-order valence-electron chi connectivity index (χ0n) is 13.6. The fourth-order valence-electron chi connectivity index (χ4n) is 2.38. The molecule has 1 aliphatic heterocycles. The van der Waals surface area contributed by atoms with Gasteiger partial charge in [0.15, 0.2) is 0 Å². The first-order chi connectivity index (χ1) is 11.3. The minimum atomic E-state index is -1.14. The molecular formula is C16H20ClN3O4. The number of carbonyl (C=O) groups is 3. The van der Waals surface area contributed by atoms with E-state index in [1.807, 2.05) is 13.0 Å². The monoisotopic (exact) mass is 353 g/mol. The van der Waals surface area contributed by atoms with Gasteiger partial charge in [0.2, 0.25) is 5.91 Å². The summed E-state index contributed by atoms with van der Waals surface area (Å²) in [6.07, 6.45) is 0. The van der Waals surface area contributed by atoms with Gasteiger partial charge in [-0.3, -0.25) is 9.59 Å². The van der Waals surface area contributed by atoms with Crippen molar-refractivity contribution in [2.24, 2.45) is 5.92 Å². The number of aliphatic carboxylic acids is 1. The van der Waals surface area contributed by atoms with Crippen molar-refractivity contribution in [3.63, 3.8) is 0 Å². The van der Waals surface area contributed by atoms with Crippen molar-refractivity contribution in [1.82, 2.24) is 9.80 Å². The SMILES string of the molecule is Cc1ccc(NC(=O)N2CCN(C(=O)C(C)C(=O)O)CC2)cc1Cl. The third kappa shape index (κ3) is 4.17. The molecule has 7 nitrogen and oxygen atoms in total. The molecule has 0 aromatic heterocycles. The Morgan fingerprint density at radius 3 is 2.29 bits per heavy atom. The maximum absolute atomic E-state index is 12.3. The first-order valence-corrected chi connectivity index (χ1v) is 8.01. The molecule has 0 radical (unpaired) electrons. The highest BCUT2D eigenvalue weighted by atomic mass is 35.5. The van der Waals surface area contributed by atoms with Gasteiger partial charge in [0.1, 0.15) is 5.92 Å². The van der Waals surface area contributed by atoms with Crippen molar-refractivity contribution in [2.75, 3.05) is 31.5 Å². The predicted octanol–water partition coefficient (Wildman–Crippen LogP) is 2.05. The molecule has 1 saturated heterocycles. The van der Waals surface area contributed by atoms with Crippen LogP contribution in [-0.4, -0.2) is 59.0 Å². The highest BCUT2D eigenvalue weighted by Crippen LogP contribution is 2.20. The smallest absolute Gasteiger partial charge is 0.321 e. The molecule has 1 aliphatic rings. The second-order valence-corrected chi connectivity index (χ2v) is 6.17. The quantitative estimate of drug-likeness (QED) is 0.814. The molecule has 1 atom stereocenters. The molecule has 24 heavy (non-hydrogen) atoms. The van der Waals surface area contributed by atoms with Crippen LogP contribution in [0.3, 0.4) is 0 Å². The van der Waals surface area contributed by atoms with Gasteiger partial charge in [-0.15, -0.1) is 0 Å². The number of nitrogens with zero attached hydrogens (tertiary/aromatic N) is 2. The number of hydrogen-bond acceptors (Lipinski definition) is 3. The summed E-state index contributed by atoms with van der Waals surface area (Å²) in [5.41, 5.74) is 1.53. The highest BCUT2D eigenvalue weighted by Gasteiger charge is 2.30. The van der Waals surface area contributed by atoms with Crippen LogP contribution in [0, 0.1) is 12.8 Å². The van der Waals surface area contributed by atoms with E-state index in [2.05, 4.69) is 5.32 Å². The van der Waals surface area contributed by atoms with Crippen molar-refractivity contribution < 1.29 is 19.5 Å². The molecule has 1 aromatic rings. The summed E-state index contributed by atoms with van der Waals surface area (Å²) in [5.74, 6) is -2.63. The van der Waals surface area contributed by atoms with Crippen LogP contribution in [0.25, 0.3) is 0 Å². The lowest BCUT2D eigenvalue weighted by molar-refractivity contribution is -0.150. The number of urea groups is 1. The van der Waals surface area contributed by atoms with Crippen LogP contribution in [0.2, 0.25) is 5.02 Å². The molecule has 130 valence electrons. The van der Waals surface area contributed by atoms with Crippen LogP contribution < -0.4 is 5.32 Å². The second-order valence-electron chi connectivity index (χ2n) is 5.77. The molecule has 0 spiro atoms. The van der Waals surface area contributed by atoms with Gasteiger partial charge in [0.25, 0.3) is 0 Å². The average molecular weight is 354 g/mol. The normalized spacial score (nSPS) is 15.8. The van der Waals surface area contributed by atoms with E-state index in [1.165, 1.54) is 11.8 Å². The Labute approximate surface area is 145 Å². The number of nitrogens with one attached hydrogen (secondary N) is 1. The van der Waals surface area contributed by atoms with Crippen molar-refractivity contribution in [2.45, 2.75) is 13.8 Å². The Hall–Kier alpha value is -2.28. The zero-order chi connectivity index (χ0) is 17.9. The van der Waals surface area contributed by atoms with Crippen molar-refractivity contribution >= 4 is 35.2 Å². The number of anilines is 1. The number of amides is 3. The number of carboxylic acids is 1. The molecule has 1 unspecified atom stereocenters. The minimum absolute atomic E-state index is 0.270. The number of piperazine rings is 1. The minimum Gasteiger partial charge on any atom is -0.481 e. The maximum Gasteiger partial charge on any atom is 0.321 e. The first-order valence-electron chi connectivity index (χ1n) is 7.63. The van der Waals surface area contributed by atoms with Gasteiger partial charge in [-0.2, -0.15) is 0 Å². The molecule has 1 fully saturated rings. The largest absolute Gasteiger partial charge is 0.481 e. The second kappa shape index (κ2) is 7.53. The van der Waals surface area contributed by atoms with Crippen LogP contribution >= 0.6 is 11.6 Å². The molecule has 0 aliphatic carbocycles. The summed E-state index contributed by atoms with van der Waals surface area (Å²) >= 11 is 6.04. The van der Waals surface area contributed by atoms with Gasteiger partial charge in [0, 0.05) is 36.9 Å². The fraction of sp³-hybridized carbons (Fsp3) is 0.438. The lowest BCUT2D eigenvalue weighted by Gasteiger charge is -2.35. The van der Waals surface area contributed by atoms with Gasteiger partial charge in [-0.05, 0) is 31.5 Å². The predicted molar refractivity (Wildman–Crippen MR) is 90.2 cm³/mol. The summed E-state index contributed by atoms with van der Waals surface area (Å²) in [4.78, 5) is 38.2. The van der Waals surface area contributed by atoms with Crippen LogP contribution in [0.5, 0.6) is 0 Å². The summed E-state index contributed by atoms with van der Waals surface area (Å²) < 4.78 is 0. The molecule has 8 heteroatoms. The Balaban J connectivity index is 1.89. The van der Waals surface area contributed by atoms with Crippen LogP contribution in [0.4, 0.5) is 10.5 Å². The van der Waals surface area contributed by atoms with Gasteiger partial charge in [-0.1, -0.05) is 17.7 Å². The molecular weight excluding hydrogens is 334 g/mol. The number of hydrogen-bond donors (Lipinski definition) is 2. The van der Waals surface area contributed by atoms with Gasteiger partial charge in [-0.25, -0.2) is 4.79 Å². The Bertz CT molecular complexity index is 657. The van der Waals surface area contributed by atoms with Crippen molar-refractivity contribution in [3.8, 4) is 0 Å². The van der Waals surface area contributed by atoms with Crippen LogP contribution in [-0.2, 0) is 9.59 Å². The van der Waals surface area contributed by atoms with Crippen molar-refractivity contribution in [3.05, 3.63) is 28.8 Å². The number of carbonyl (C=O) groups excluding carboxylic acids is 2. The van der Waals surface area contributed by atoms with Crippen LogP contribution in [0.1, 0.15) is 12.5 Å². The lowest BCUT2D eigenvalue weighted by Crippen LogP contribution is -2.53. The van der Waals surface area contributed by atoms with E-state index in [4.69, 9.17) is 16.7 Å². The number of halogens is 1. The molecule has 3 amide bonds. The number of rotatable bonds is 3.